The lowest BCUT2D eigenvalue weighted by Crippen LogP contribution is -2.41. The van der Waals surface area contributed by atoms with Crippen molar-refractivity contribution in [3.63, 3.8) is 0 Å². The van der Waals surface area contributed by atoms with Crippen LogP contribution in [-0.4, -0.2) is 37.0 Å². The zero-order valence-electron chi connectivity index (χ0n) is 9.61. The molecule has 0 aromatic heterocycles. The zero-order valence-corrected chi connectivity index (χ0v) is 9.61. The number of hydrogen-bond donors (Lipinski definition) is 2. The molecule has 0 bridgehead atoms. The summed E-state index contributed by atoms with van der Waals surface area (Å²) in [6.07, 6.45) is 3.59. The number of hydrogen-bond acceptors (Lipinski definition) is 3. The van der Waals surface area contributed by atoms with Crippen molar-refractivity contribution in [3.8, 4) is 0 Å². The molecule has 1 fully saturated rings. The Kier molecular flexibility index (Phi) is 5.05. The molecule has 88 valence electrons. The number of carbonyl (C=O) groups excluding carboxylic acids is 1. The third-order valence-corrected chi connectivity index (χ3v) is 3.20. The number of amides is 1. The molecule has 1 heterocycles. The fourth-order valence-electron chi connectivity index (χ4n) is 2.27. The van der Waals surface area contributed by atoms with Crippen LogP contribution >= 0.6 is 0 Å². The van der Waals surface area contributed by atoms with Gasteiger partial charge in [0, 0.05) is 19.0 Å². The molecule has 0 radical (unpaired) electrons. The largest absolute Gasteiger partial charge is 0.369 e. The van der Waals surface area contributed by atoms with Gasteiger partial charge in [0.1, 0.15) is 0 Å². The lowest BCUT2D eigenvalue weighted by Gasteiger charge is -2.33. The molecule has 2 atom stereocenters. The third kappa shape index (κ3) is 4.18. The van der Waals surface area contributed by atoms with Gasteiger partial charge in [0.15, 0.2) is 0 Å². The quantitative estimate of drug-likeness (QED) is 0.683. The topological polar surface area (TPSA) is 72.3 Å². The SMILES string of the molecule is CC(CN1CCCC(CCN)C1)C(N)=O. The first-order chi connectivity index (χ1) is 7.13. The fraction of sp³-hybridized carbons (Fsp3) is 0.909. The molecule has 4 nitrogen and oxygen atoms in total. The summed E-state index contributed by atoms with van der Waals surface area (Å²) >= 11 is 0. The van der Waals surface area contributed by atoms with Gasteiger partial charge in [0.25, 0.3) is 0 Å². The van der Waals surface area contributed by atoms with Gasteiger partial charge in [0.05, 0.1) is 0 Å². The number of carbonyl (C=O) groups is 1. The maximum absolute atomic E-state index is 11.0. The Morgan fingerprint density at radius 2 is 2.33 bits per heavy atom. The van der Waals surface area contributed by atoms with Crippen molar-refractivity contribution in [2.45, 2.75) is 26.2 Å². The summed E-state index contributed by atoms with van der Waals surface area (Å²) in [7, 11) is 0. The first-order valence-corrected chi connectivity index (χ1v) is 5.85. The lowest BCUT2D eigenvalue weighted by atomic mass is 9.94. The van der Waals surface area contributed by atoms with E-state index in [0.29, 0.717) is 5.92 Å². The standard InChI is InChI=1S/C11H23N3O/c1-9(11(13)15)7-14-6-2-3-10(8-14)4-5-12/h9-10H,2-8,12H2,1H3,(H2,13,15). The van der Waals surface area contributed by atoms with Gasteiger partial charge >= 0.3 is 0 Å². The van der Waals surface area contributed by atoms with E-state index in [1.165, 1.54) is 12.8 Å². The highest BCUT2D eigenvalue weighted by Gasteiger charge is 2.21. The van der Waals surface area contributed by atoms with Crippen molar-refractivity contribution in [1.82, 2.24) is 4.90 Å². The van der Waals surface area contributed by atoms with E-state index in [9.17, 15) is 4.79 Å². The minimum atomic E-state index is -0.198. The predicted molar refractivity (Wildman–Crippen MR) is 61.2 cm³/mol. The van der Waals surface area contributed by atoms with Crippen molar-refractivity contribution < 1.29 is 4.79 Å². The highest BCUT2D eigenvalue weighted by Crippen LogP contribution is 2.19. The molecule has 1 rings (SSSR count). The van der Waals surface area contributed by atoms with Crippen LogP contribution in [-0.2, 0) is 4.79 Å². The molecule has 4 heteroatoms. The molecule has 1 aliphatic heterocycles. The minimum absolute atomic E-state index is 0.0402. The number of primary amides is 1. The van der Waals surface area contributed by atoms with E-state index >= 15 is 0 Å². The molecule has 1 aliphatic rings. The van der Waals surface area contributed by atoms with Crippen molar-refractivity contribution in [2.75, 3.05) is 26.2 Å². The molecule has 0 aromatic carbocycles. The van der Waals surface area contributed by atoms with E-state index in [0.717, 1.165) is 32.6 Å². The normalized spacial score (nSPS) is 25.1. The highest BCUT2D eigenvalue weighted by molar-refractivity contribution is 5.76. The second-order valence-corrected chi connectivity index (χ2v) is 4.65. The number of rotatable bonds is 5. The fourth-order valence-corrected chi connectivity index (χ4v) is 2.27. The van der Waals surface area contributed by atoms with Gasteiger partial charge in [-0.25, -0.2) is 0 Å². The first kappa shape index (κ1) is 12.5. The van der Waals surface area contributed by atoms with Gasteiger partial charge in [-0.1, -0.05) is 6.92 Å². The monoisotopic (exact) mass is 213 g/mol. The molecule has 4 N–H and O–H groups in total. The number of nitrogens with two attached hydrogens (primary N) is 2. The Hall–Kier alpha value is -0.610. The highest BCUT2D eigenvalue weighted by atomic mass is 16.1. The van der Waals surface area contributed by atoms with Gasteiger partial charge < -0.3 is 16.4 Å². The molecule has 1 saturated heterocycles. The first-order valence-electron chi connectivity index (χ1n) is 5.85. The van der Waals surface area contributed by atoms with Crippen LogP contribution in [0.2, 0.25) is 0 Å². The summed E-state index contributed by atoms with van der Waals surface area (Å²) in [6.45, 7) is 5.64. The molecule has 0 aliphatic carbocycles. The summed E-state index contributed by atoms with van der Waals surface area (Å²) in [5.74, 6) is 0.474. The Balaban J connectivity index is 2.32. The van der Waals surface area contributed by atoms with Gasteiger partial charge in [-0.2, -0.15) is 0 Å². The predicted octanol–water partition coefficient (Wildman–Crippen LogP) is 0.169. The van der Waals surface area contributed by atoms with Gasteiger partial charge in [-0.05, 0) is 38.3 Å². The van der Waals surface area contributed by atoms with Crippen LogP contribution in [0.15, 0.2) is 0 Å². The van der Waals surface area contributed by atoms with E-state index in [1.807, 2.05) is 6.92 Å². The van der Waals surface area contributed by atoms with Gasteiger partial charge in [-0.15, -0.1) is 0 Å². The molecular formula is C11H23N3O. The van der Waals surface area contributed by atoms with Crippen LogP contribution in [0.4, 0.5) is 0 Å². The van der Waals surface area contributed by atoms with Crippen molar-refractivity contribution in [3.05, 3.63) is 0 Å². The molecule has 0 spiro atoms. The maximum Gasteiger partial charge on any atom is 0.221 e. The minimum Gasteiger partial charge on any atom is -0.369 e. The lowest BCUT2D eigenvalue weighted by molar-refractivity contribution is -0.122. The van der Waals surface area contributed by atoms with Crippen molar-refractivity contribution in [2.24, 2.45) is 23.3 Å². The Morgan fingerprint density at radius 1 is 1.60 bits per heavy atom. The molecule has 0 aromatic rings. The van der Waals surface area contributed by atoms with Crippen LogP contribution in [0.25, 0.3) is 0 Å². The average molecular weight is 213 g/mol. The second-order valence-electron chi connectivity index (χ2n) is 4.65. The summed E-state index contributed by atoms with van der Waals surface area (Å²) in [4.78, 5) is 13.3. The zero-order chi connectivity index (χ0) is 11.3. The summed E-state index contributed by atoms with van der Waals surface area (Å²) in [6, 6.07) is 0. The Morgan fingerprint density at radius 3 is 2.93 bits per heavy atom. The van der Waals surface area contributed by atoms with E-state index in [4.69, 9.17) is 11.5 Å². The van der Waals surface area contributed by atoms with E-state index in [-0.39, 0.29) is 11.8 Å². The summed E-state index contributed by atoms with van der Waals surface area (Å²) < 4.78 is 0. The molecule has 0 saturated carbocycles. The third-order valence-electron chi connectivity index (χ3n) is 3.20. The van der Waals surface area contributed by atoms with Crippen molar-refractivity contribution in [1.29, 1.82) is 0 Å². The van der Waals surface area contributed by atoms with E-state index < -0.39 is 0 Å². The molecule has 1 amide bonds. The van der Waals surface area contributed by atoms with Crippen LogP contribution in [0.1, 0.15) is 26.2 Å². The maximum atomic E-state index is 11.0. The second kappa shape index (κ2) is 6.08. The van der Waals surface area contributed by atoms with Gasteiger partial charge in [-0.3, -0.25) is 4.79 Å². The van der Waals surface area contributed by atoms with Crippen molar-refractivity contribution >= 4 is 5.91 Å². The van der Waals surface area contributed by atoms with Crippen LogP contribution < -0.4 is 11.5 Å². The van der Waals surface area contributed by atoms with Crippen LogP contribution in [0, 0.1) is 11.8 Å². The van der Waals surface area contributed by atoms with Gasteiger partial charge in [0.2, 0.25) is 5.91 Å². The summed E-state index contributed by atoms with van der Waals surface area (Å²) in [5.41, 5.74) is 10.8. The van der Waals surface area contributed by atoms with E-state index in [1.54, 1.807) is 0 Å². The average Bonchev–Trinajstić information content (AvgIpc) is 2.18. The van der Waals surface area contributed by atoms with E-state index in [2.05, 4.69) is 4.90 Å². The molecule has 2 unspecified atom stereocenters. The molecular weight excluding hydrogens is 190 g/mol. The smallest absolute Gasteiger partial charge is 0.221 e. The Labute approximate surface area is 92.0 Å². The van der Waals surface area contributed by atoms with Crippen LogP contribution in [0.3, 0.4) is 0 Å². The number of likely N-dealkylation sites (tertiary alicyclic amines) is 1. The number of nitrogens with zero attached hydrogens (tertiary/aromatic N) is 1. The number of piperidine rings is 1. The summed E-state index contributed by atoms with van der Waals surface area (Å²) in [5, 5.41) is 0. The molecule has 15 heavy (non-hydrogen) atoms. The van der Waals surface area contributed by atoms with Crippen LogP contribution in [0.5, 0.6) is 0 Å². The Bertz CT molecular complexity index is 206.